The number of unbranched alkanes of at least 4 members (excludes halogenated alkanes) is 2. The zero-order chi connectivity index (χ0) is 11.7. The van der Waals surface area contributed by atoms with Crippen LogP contribution in [-0.4, -0.2) is 30.3 Å². The van der Waals surface area contributed by atoms with E-state index in [0.717, 1.165) is 13.0 Å². The highest BCUT2D eigenvalue weighted by molar-refractivity contribution is 7.98. The largest absolute Gasteiger partial charge is 0.356 e. The average Bonchev–Trinajstić information content (AvgIpc) is 2.22. The van der Waals surface area contributed by atoms with Crippen molar-refractivity contribution in [2.24, 2.45) is 5.41 Å². The van der Waals surface area contributed by atoms with Crippen LogP contribution in [0.3, 0.4) is 0 Å². The Kier molecular flexibility index (Phi) is 8.34. The minimum Gasteiger partial charge on any atom is -0.356 e. The second-order valence-corrected chi connectivity index (χ2v) is 5.58. The normalized spacial score (nSPS) is 11.5. The first-order chi connectivity index (χ1) is 7.04. The average molecular weight is 252 g/mol. The maximum atomic E-state index is 11.6. The fourth-order valence-corrected chi connectivity index (χ4v) is 1.66. The molecule has 90 valence electrons. The van der Waals surface area contributed by atoms with Gasteiger partial charge in [-0.15, -0.1) is 11.6 Å². The first-order valence-electron chi connectivity index (χ1n) is 5.38. The standard InChI is InChI=1S/C11H22ClNOS/c1-11(2,9-12)10(14)13-7-5-4-6-8-15-3/h4-9H2,1-3H3,(H,13,14). The van der Waals surface area contributed by atoms with Crippen molar-refractivity contribution in [3.63, 3.8) is 0 Å². The van der Waals surface area contributed by atoms with Gasteiger partial charge in [0.1, 0.15) is 0 Å². The third-order valence-corrected chi connectivity index (χ3v) is 3.62. The molecular formula is C11H22ClNOS. The van der Waals surface area contributed by atoms with E-state index in [-0.39, 0.29) is 5.91 Å². The van der Waals surface area contributed by atoms with Crippen molar-refractivity contribution < 1.29 is 4.79 Å². The summed E-state index contributed by atoms with van der Waals surface area (Å²) in [5.41, 5.74) is -0.444. The molecule has 4 heteroatoms. The van der Waals surface area contributed by atoms with Crippen molar-refractivity contribution in [1.29, 1.82) is 0 Å². The van der Waals surface area contributed by atoms with Gasteiger partial charge in [-0.25, -0.2) is 0 Å². The molecule has 0 fully saturated rings. The van der Waals surface area contributed by atoms with Gasteiger partial charge in [-0.2, -0.15) is 11.8 Å². The lowest BCUT2D eigenvalue weighted by atomic mass is 9.95. The molecule has 0 heterocycles. The van der Waals surface area contributed by atoms with Gasteiger partial charge in [-0.05, 0) is 38.7 Å². The summed E-state index contributed by atoms with van der Waals surface area (Å²) < 4.78 is 0. The van der Waals surface area contributed by atoms with Crippen LogP contribution in [-0.2, 0) is 4.79 Å². The minimum atomic E-state index is -0.444. The first kappa shape index (κ1) is 15.1. The third kappa shape index (κ3) is 7.07. The van der Waals surface area contributed by atoms with E-state index in [1.165, 1.54) is 18.6 Å². The number of rotatable bonds is 8. The number of hydrogen-bond donors (Lipinski definition) is 1. The van der Waals surface area contributed by atoms with Crippen LogP contribution in [0.4, 0.5) is 0 Å². The Morgan fingerprint density at radius 1 is 1.33 bits per heavy atom. The van der Waals surface area contributed by atoms with Gasteiger partial charge in [-0.3, -0.25) is 4.79 Å². The molecule has 0 saturated heterocycles. The molecule has 15 heavy (non-hydrogen) atoms. The van der Waals surface area contributed by atoms with Crippen molar-refractivity contribution >= 4 is 29.3 Å². The number of hydrogen-bond acceptors (Lipinski definition) is 2. The van der Waals surface area contributed by atoms with Crippen LogP contribution in [0.1, 0.15) is 33.1 Å². The van der Waals surface area contributed by atoms with Gasteiger partial charge >= 0.3 is 0 Å². The summed E-state index contributed by atoms with van der Waals surface area (Å²) in [6, 6.07) is 0. The number of nitrogens with one attached hydrogen (secondary N) is 1. The molecular weight excluding hydrogens is 230 g/mol. The maximum absolute atomic E-state index is 11.6. The Morgan fingerprint density at radius 3 is 2.53 bits per heavy atom. The highest BCUT2D eigenvalue weighted by atomic mass is 35.5. The molecule has 0 unspecified atom stereocenters. The van der Waals surface area contributed by atoms with E-state index < -0.39 is 5.41 Å². The molecule has 0 aromatic carbocycles. The van der Waals surface area contributed by atoms with Gasteiger partial charge in [0.15, 0.2) is 0 Å². The topological polar surface area (TPSA) is 29.1 Å². The molecule has 0 rings (SSSR count). The summed E-state index contributed by atoms with van der Waals surface area (Å²) in [7, 11) is 0. The van der Waals surface area contributed by atoms with Crippen LogP contribution in [0.15, 0.2) is 0 Å². The van der Waals surface area contributed by atoms with E-state index in [1.807, 2.05) is 25.6 Å². The van der Waals surface area contributed by atoms with Crippen LogP contribution in [0.2, 0.25) is 0 Å². The minimum absolute atomic E-state index is 0.0577. The number of carbonyl (C=O) groups is 1. The van der Waals surface area contributed by atoms with Gasteiger partial charge in [0.05, 0.1) is 5.41 Å². The molecule has 0 aromatic rings. The van der Waals surface area contributed by atoms with Gasteiger partial charge in [0.2, 0.25) is 5.91 Å². The quantitative estimate of drug-likeness (QED) is 0.531. The summed E-state index contributed by atoms with van der Waals surface area (Å²) in [6.45, 7) is 4.50. The van der Waals surface area contributed by atoms with Gasteiger partial charge < -0.3 is 5.32 Å². The molecule has 0 radical (unpaired) electrons. The van der Waals surface area contributed by atoms with Gasteiger partial charge in [-0.1, -0.05) is 6.42 Å². The Labute approximate surface area is 103 Å². The maximum Gasteiger partial charge on any atom is 0.226 e. The number of carbonyl (C=O) groups excluding carboxylic acids is 1. The number of halogens is 1. The monoisotopic (exact) mass is 251 g/mol. The lowest BCUT2D eigenvalue weighted by Gasteiger charge is -2.20. The highest BCUT2D eigenvalue weighted by Crippen LogP contribution is 2.16. The van der Waals surface area contributed by atoms with E-state index in [4.69, 9.17) is 11.6 Å². The second-order valence-electron chi connectivity index (χ2n) is 4.33. The molecule has 0 bridgehead atoms. The molecule has 0 atom stereocenters. The zero-order valence-corrected chi connectivity index (χ0v) is 11.5. The van der Waals surface area contributed by atoms with Gasteiger partial charge in [0, 0.05) is 12.4 Å². The Hall–Kier alpha value is 0.110. The van der Waals surface area contributed by atoms with Crippen molar-refractivity contribution in [3.8, 4) is 0 Å². The number of alkyl halides is 1. The predicted octanol–water partition coefficient (Wildman–Crippen LogP) is 2.90. The predicted molar refractivity (Wildman–Crippen MR) is 69.7 cm³/mol. The lowest BCUT2D eigenvalue weighted by molar-refractivity contribution is -0.128. The van der Waals surface area contributed by atoms with E-state index in [1.54, 1.807) is 0 Å². The molecule has 1 N–H and O–H groups in total. The molecule has 0 spiro atoms. The summed E-state index contributed by atoms with van der Waals surface area (Å²) in [5, 5.41) is 2.92. The lowest BCUT2D eigenvalue weighted by Crippen LogP contribution is -2.38. The molecule has 0 saturated carbocycles. The van der Waals surface area contributed by atoms with Crippen LogP contribution in [0.5, 0.6) is 0 Å². The van der Waals surface area contributed by atoms with Crippen molar-refractivity contribution in [3.05, 3.63) is 0 Å². The van der Waals surface area contributed by atoms with Crippen LogP contribution < -0.4 is 5.32 Å². The van der Waals surface area contributed by atoms with Crippen LogP contribution in [0, 0.1) is 5.41 Å². The van der Waals surface area contributed by atoms with Crippen LogP contribution in [0.25, 0.3) is 0 Å². The van der Waals surface area contributed by atoms with Crippen molar-refractivity contribution in [2.45, 2.75) is 33.1 Å². The fourth-order valence-electron chi connectivity index (χ4n) is 1.05. The van der Waals surface area contributed by atoms with Crippen molar-refractivity contribution in [1.82, 2.24) is 5.32 Å². The summed E-state index contributed by atoms with van der Waals surface area (Å²) in [5.74, 6) is 1.63. The summed E-state index contributed by atoms with van der Waals surface area (Å²) in [6.07, 6.45) is 5.59. The second kappa shape index (κ2) is 8.28. The smallest absolute Gasteiger partial charge is 0.226 e. The summed E-state index contributed by atoms with van der Waals surface area (Å²) >= 11 is 7.57. The highest BCUT2D eigenvalue weighted by Gasteiger charge is 2.25. The zero-order valence-electron chi connectivity index (χ0n) is 9.94. The first-order valence-corrected chi connectivity index (χ1v) is 7.30. The van der Waals surface area contributed by atoms with E-state index in [0.29, 0.717) is 5.88 Å². The fraction of sp³-hybridized carbons (Fsp3) is 0.909. The Bertz CT molecular complexity index is 185. The summed E-state index contributed by atoms with van der Waals surface area (Å²) in [4.78, 5) is 11.6. The molecule has 1 amide bonds. The number of thioether (sulfide) groups is 1. The SMILES string of the molecule is CSCCCCCNC(=O)C(C)(C)CCl. The molecule has 0 aromatic heterocycles. The number of amides is 1. The van der Waals surface area contributed by atoms with E-state index >= 15 is 0 Å². The Morgan fingerprint density at radius 2 is 2.00 bits per heavy atom. The molecule has 0 aliphatic heterocycles. The van der Waals surface area contributed by atoms with Gasteiger partial charge in [0.25, 0.3) is 0 Å². The third-order valence-electron chi connectivity index (χ3n) is 2.26. The van der Waals surface area contributed by atoms with E-state index in [9.17, 15) is 4.79 Å². The van der Waals surface area contributed by atoms with Crippen LogP contribution >= 0.6 is 23.4 Å². The van der Waals surface area contributed by atoms with Crippen molar-refractivity contribution in [2.75, 3.05) is 24.4 Å². The molecule has 0 aliphatic carbocycles. The Balaban J connectivity index is 3.47. The van der Waals surface area contributed by atoms with E-state index in [2.05, 4.69) is 11.6 Å². The molecule has 0 aliphatic rings. The molecule has 2 nitrogen and oxygen atoms in total.